The highest BCUT2D eigenvalue weighted by Crippen LogP contribution is 2.22. The number of nitrogens with zero attached hydrogens (tertiary/aromatic N) is 2. The molecule has 0 radical (unpaired) electrons. The van der Waals surface area contributed by atoms with Gasteiger partial charge in [0.15, 0.2) is 0 Å². The van der Waals surface area contributed by atoms with Gasteiger partial charge in [-0.25, -0.2) is 8.42 Å². The number of hydrogen-bond donors (Lipinski definition) is 1. The highest BCUT2D eigenvalue weighted by atomic mass is 35.5. The summed E-state index contributed by atoms with van der Waals surface area (Å²) in [4.78, 5) is 29.2. The second-order valence-corrected chi connectivity index (χ2v) is 13.0. The van der Waals surface area contributed by atoms with Crippen LogP contribution in [-0.4, -0.2) is 49.5 Å². The Morgan fingerprint density at radius 1 is 0.897 bits per heavy atom. The fourth-order valence-electron chi connectivity index (χ4n) is 4.12. The lowest BCUT2D eigenvalue weighted by Crippen LogP contribution is -2.56. The fourth-order valence-corrected chi connectivity index (χ4v) is 5.09. The summed E-state index contributed by atoms with van der Waals surface area (Å²) in [7, 11) is -3.80. The van der Waals surface area contributed by atoms with Crippen LogP contribution in [0, 0.1) is 6.92 Å². The van der Waals surface area contributed by atoms with Gasteiger partial charge in [-0.1, -0.05) is 71.8 Å². The molecule has 1 N–H and O–H groups in total. The van der Waals surface area contributed by atoms with Crippen molar-refractivity contribution in [3.05, 3.63) is 101 Å². The normalized spacial score (nSPS) is 12.5. The first kappa shape index (κ1) is 30.2. The lowest BCUT2D eigenvalue weighted by atomic mass is 10.0. The number of hydrogen-bond acceptors (Lipinski definition) is 4. The number of sulfonamides is 1. The Morgan fingerprint density at radius 2 is 1.49 bits per heavy atom. The Kier molecular flexibility index (Phi) is 9.80. The lowest BCUT2D eigenvalue weighted by molar-refractivity contribution is -0.140. The summed E-state index contributed by atoms with van der Waals surface area (Å²) < 4.78 is 26.7. The molecule has 0 aromatic heterocycles. The molecule has 2 amide bonds. The Labute approximate surface area is 236 Å². The number of carbonyl (C=O) groups is 2. The van der Waals surface area contributed by atoms with Gasteiger partial charge in [-0.3, -0.25) is 13.9 Å². The van der Waals surface area contributed by atoms with E-state index in [1.54, 1.807) is 48.5 Å². The minimum absolute atomic E-state index is 0.0938. The molecule has 9 heteroatoms. The van der Waals surface area contributed by atoms with Crippen LogP contribution in [0.1, 0.15) is 37.5 Å². The molecule has 3 aromatic carbocycles. The van der Waals surface area contributed by atoms with Gasteiger partial charge in [0.1, 0.15) is 12.6 Å². The average molecular weight is 570 g/mol. The molecule has 0 heterocycles. The molecule has 1 atom stereocenters. The maximum atomic E-state index is 14.0. The summed E-state index contributed by atoms with van der Waals surface area (Å²) in [6, 6.07) is 22.5. The monoisotopic (exact) mass is 569 g/mol. The number of benzene rings is 3. The van der Waals surface area contributed by atoms with Crippen molar-refractivity contribution in [3.63, 3.8) is 0 Å². The molecule has 0 fully saturated rings. The first-order valence-corrected chi connectivity index (χ1v) is 14.9. The van der Waals surface area contributed by atoms with Gasteiger partial charge >= 0.3 is 0 Å². The molecule has 7 nitrogen and oxygen atoms in total. The predicted octanol–water partition coefficient (Wildman–Crippen LogP) is 4.97. The van der Waals surface area contributed by atoms with Crippen molar-refractivity contribution in [2.24, 2.45) is 0 Å². The Morgan fingerprint density at radius 3 is 2.03 bits per heavy atom. The maximum Gasteiger partial charge on any atom is 0.244 e. The van der Waals surface area contributed by atoms with E-state index < -0.39 is 34.1 Å². The number of halogens is 1. The summed E-state index contributed by atoms with van der Waals surface area (Å²) >= 11 is 6.08. The quantitative estimate of drug-likeness (QED) is 0.373. The molecule has 0 saturated heterocycles. The third-order valence-electron chi connectivity index (χ3n) is 6.04. The zero-order valence-electron chi connectivity index (χ0n) is 23.0. The van der Waals surface area contributed by atoms with Gasteiger partial charge in [-0.2, -0.15) is 0 Å². The summed E-state index contributed by atoms with van der Waals surface area (Å²) in [5.74, 6) is -0.823. The SMILES string of the molecule is Cc1ccc(N(CC(=O)N(Cc2ccc(Cl)cc2)[C@@H](Cc2ccccc2)C(=O)NC(C)(C)C)S(C)(=O)=O)cc1. The fraction of sp³-hybridized carbons (Fsp3) is 0.333. The predicted molar refractivity (Wildman–Crippen MR) is 157 cm³/mol. The zero-order chi connectivity index (χ0) is 28.8. The van der Waals surface area contributed by atoms with Crippen LogP contribution in [0.2, 0.25) is 5.02 Å². The van der Waals surface area contributed by atoms with Crippen molar-refractivity contribution < 1.29 is 18.0 Å². The van der Waals surface area contributed by atoms with Crippen molar-refractivity contribution in [2.75, 3.05) is 17.1 Å². The van der Waals surface area contributed by atoms with E-state index in [0.29, 0.717) is 10.7 Å². The van der Waals surface area contributed by atoms with Crippen molar-refractivity contribution in [3.8, 4) is 0 Å². The largest absolute Gasteiger partial charge is 0.350 e. The van der Waals surface area contributed by atoms with Crippen LogP contribution < -0.4 is 9.62 Å². The van der Waals surface area contributed by atoms with E-state index in [1.165, 1.54) is 4.90 Å². The molecule has 208 valence electrons. The van der Waals surface area contributed by atoms with Crippen molar-refractivity contribution in [1.29, 1.82) is 0 Å². The molecule has 0 saturated carbocycles. The molecule has 0 aliphatic heterocycles. The first-order chi connectivity index (χ1) is 18.2. The van der Waals surface area contributed by atoms with E-state index >= 15 is 0 Å². The molecule has 3 aromatic rings. The van der Waals surface area contributed by atoms with Crippen LogP contribution in [-0.2, 0) is 32.6 Å². The minimum atomic E-state index is -3.80. The van der Waals surface area contributed by atoms with Gasteiger partial charge < -0.3 is 10.2 Å². The number of nitrogens with one attached hydrogen (secondary N) is 1. The van der Waals surface area contributed by atoms with Crippen molar-refractivity contribution in [1.82, 2.24) is 10.2 Å². The van der Waals surface area contributed by atoms with Gasteiger partial charge in [-0.15, -0.1) is 0 Å². The zero-order valence-corrected chi connectivity index (χ0v) is 24.6. The molecule has 3 rings (SSSR count). The van der Waals surface area contributed by atoms with Crippen LogP contribution in [0.15, 0.2) is 78.9 Å². The first-order valence-electron chi connectivity index (χ1n) is 12.7. The summed E-state index contributed by atoms with van der Waals surface area (Å²) in [5, 5.41) is 3.55. The van der Waals surface area contributed by atoms with Gasteiger partial charge in [0.05, 0.1) is 11.9 Å². The molecule has 0 unspecified atom stereocenters. The van der Waals surface area contributed by atoms with Crippen LogP contribution in [0.25, 0.3) is 0 Å². The third kappa shape index (κ3) is 9.11. The number of aryl methyl sites for hydroxylation is 1. The number of rotatable bonds is 10. The number of carbonyl (C=O) groups excluding carboxylic acids is 2. The molecule has 0 spiro atoms. The van der Waals surface area contributed by atoms with E-state index in [2.05, 4.69) is 5.32 Å². The average Bonchev–Trinajstić information content (AvgIpc) is 2.85. The van der Waals surface area contributed by atoms with Crippen LogP contribution >= 0.6 is 11.6 Å². The molecular formula is C30H36ClN3O4S. The van der Waals surface area contributed by atoms with Crippen LogP contribution in [0.4, 0.5) is 5.69 Å². The minimum Gasteiger partial charge on any atom is -0.350 e. The summed E-state index contributed by atoms with van der Waals surface area (Å²) in [6.45, 7) is 7.16. The summed E-state index contributed by atoms with van der Waals surface area (Å²) in [6.07, 6.45) is 1.32. The Balaban J connectivity index is 2.06. The number of amides is 2. The molecule has 0 aliphatic carbocycles. The Hall–Kier alpha value is -3.36. The topological polar surface area (TPSA) is 86.8 Å². The van der Waals surface area contributed by atoms with Crippen molar-refractivity contribution in [2.45, 2.75) is 52.2 Å². The van der Waals surface area contributed by atoms with Gasteiger partial charge in [0.25, 0.3) is 0 Å². The third-order valence-corrected chi connectivity index (χ3v) is 7.43. The Bertz CT molecular complexity index is 1370. The van der Waals surface area contributed by atoms with E-state index in [9.17, 15) is 18.0 Å². The van der Waals surface area contributed by atoms with Gasteiger partial charge in [0, 0.05) is 23.5 Å². The van der Waals surface area contributed by atoms with Crippen LogP contribution in [0.5, 0.6) is 0 Å². The smallest absolute Gasteiger partial charge is 0.244 e. The molecule has 39 heavy (non-hydrogen) atoms. The number of anilines is 1. The van der Waals surface area contributed by atoms with Gasteiger partial charge in [0.2, 0.25) is 21.8 Å². The van der Waals surface area contributed by atoms with E-state index in [-0.39, 0.29) is 18.9 Å². The summed E-state index contributed by atoms with van der Waals surface area (Å²) in [5.41, 5.74) is 2.43. The molecule has 0 aliphatic rings. The van der Waals surface area contributed by atoms with Gasteiger partial charge in [-0.05, 0) is 63.1 Å². The highest BCUT2D eigenvalue weighted by molar-refractivity contribution is 7.92. The van der Waals surface area contributed by atoms with E-state index in [0.717, 1.165) is 27.3 Å². The lowest BCUT2D eigenvalue weighted by Gasteiger charge is -2.35. The second kappa shape index (κ2) is 12.7. The van der Waals surface area contributed by atoms with Crippen LogP contribution in [0.3, 0.4) is 0 Å². The second-order valence-electron chi connectivity index (χ2n) is 10.7. The maximum absolute atomic E-state index is 14.0. The van der Waals surface area contributed by atoms with Crippen molar-refractivity contribution >= 4 is 39.1 Å². The molecule has 0 bridgehead atoms. The van der Waals surface area contributed by atoms with E-state index in [1.807, 2.05) is 58.0 Å². The van der Waals surface area contributed by atoms with E-state index in [4.69, 9.17) is 11.6 Å². The highest BCUT2D eigenvalue weighted by Gasteiger charge is 2.34. The molecular weight excluding hydrogens is 534 g/mol. The standard InChI is InChI=1S/C30H36ClN3O4S/c1-22-11-17-26(18-12-22)34(39(5,37)38)21-28(35)33(20-24-13-15-25(31)16-14-24)27(29(36)32-30(2,3)4)19-23-9-7-6-8-10-23/h6-18,27H,19-21H2,1-5H3,(H,32,36)/t27-/m0/s1.